The number of hydrogen-bond donors (Lipinski definition) is 2. The summed E-state index contributed by atoms with van der Waals surface area (Å²) >= 11 is 5.95. The number of alkyl halides is 3. The third-order valence-corrected chi connectivity index (χ3v) is 5.25. The van der Waals surface area contributed by atoms with E-state index in [1.165, 1.54) is 30.3 Å². The molecule has 168 valence electrons. The SMILES string of the molecule is Nc1cc(-c2nn(C(=O)c3c(Cl)cccc3C(F)(F)F)c3cccc(F)c23)ccc1C(=O)O. The minimum Gasteiger partial charge on any atom is -0.478 e. The average molecular weight is 478 g/mol. The smallest absolute Gasteiger partial charge is 0.417 e. The first-order valence-corrected chi connectivity index (χ1v) is 9.59. The molecule has 0 aliphatic heterocycles. The third kappa shape index (κ3) is 3.78. The number of fused-ring (bicyclic) bond motifs is 1. The van der Waals surface area contributed by atoms with Crippen LogP contribution in [0.2, 0.25) is 5.02 Å². The number of nitrogens with zero attached hydrogens (tertiary/aromatic N) is 2. The van der Waals surface area contributed by atoms with Gasteiger partial charge >= 0.3 is 12.1 Å². The molecule has 0 aliphatic rings. The first-order valence-electron chi connectivity index (χ1n) is 9.21. The number of carbonyl (C=O) groups excluding carboxylic acids is 1. The molecule has 0 spiro atoms. The van der Waals surface area contributed by atoms with Crippen molar-refractivity contribution in [2.45, 2.75) is 6.18 Å². The van der Waals surface area contributed by atoms with Crippen LogP contribution in [-0.4, -0.2) is 26.8 Å². The molecule has 0 saturated heterocycles. The van der Waals surface area contributed by atoms with E-state index in [0.717, 1.165) is 18.2 Å². The molecule has 0 atom stereocenters. The Morgan fingerprint density at radius 1 is 1.06 bits per heavy atom. The molecule has 0 unspecified atom stereocenters. The van der Waals surface area contributed by atoms with Gasteiger partial charge in [-0.05, 0) is 36.4 Å². The van der Waals surface area contributed by atoms with E-state index in [2.05, 4.69) is 5.10 Å². The van der Waals surface area contributed by atoms with Gasteiger partial charge in [-0.15, -0.1) is 0 Å². The van der Waals surface area contributed by atoms with Crippen molar-refractivity contribution >= 4 is 40.1 Å². The van der Waals surface area contributed by atoms with Crippen LogP contribution < -0.4 is 5.73 Å². The van der Waals surface area contributed by atoms with Crippen molar-refractivity contribution in [3.05, 3.63) is 82.1 Å². The summed E-state index contributed by atoms with van der Waals surface area (Å²) in [5, 5.41) is 12.6. The molecule has 3 aromatic carbocycles. The molecule has 3 N–H and O–H groups in total. The number of carboxylic acid groups (broad SMARTS) is 1. The number of nitrogens with two attached hydrogens (primary N) is 1. The zero-order valence-corrected chi connectivity index (χ0v) is 17.1. The normalized spacial score (nSPS) is 11.7. The van der Waals surface area contributed by atoms with Crippen molar-refractivity contribution < 1.29 is 32.3 Å². The second-order valence-corrected chi connectivity index (χ2v) is 7.37. The van der Waals surface area contributed by atoms with E-state index in [4.69, 9.17) is 22.4 Å². The lowest BCUT2D eigenvalue weighted by molar-refractivity contribution is -0.137. The zero-order chi connectivity index (χ0) is 24.1. The number of carboxylic acids is 1. The fraction of sp³-hybridized carbons (Fsp3) is 0.0455. The lowest BCUT2D eigenvalue weighted by Gasteiger charge is -2.13. The van der Waals surface area contributed by atoms with Gasteiger partial charge in [-0.25, -0.2) is 9.18 Å². The second kappa shape index (κ2) is 7.89. The maximum absolute atomic E-state index is 14.8. The van der Waals surface area contributed by atoms with Crippen LogP contribution in [0.15, 0.2) is 54.6 Å². The van der Waals surface area contributed by atoms with Crippen LogP contribution in [0, 0.1) is 5.82 Å². The van der Waals surface area contributed by atoms with Gasteiger partial charge in [0.05, 0.1) is 32.6 Å². The molecule has 1 aromatic heterocycles. The number of hydrogen-bond acceptors (Lipinski definition) is 4. The van der Waals surface area contributed by atoms with Crippen LogP contribution in [0.4, 0.5) is 23.2 Å². The number of benzene rings is 3. The highest BCUT2D eigenvalue weighted by Gasteiger charge is 2.37. The number of carbonyl (C=O) groups is 2. The van der Waals surface area contributed by atoms with E-state index >= 15 is 0 Å². The highest BCUT2D eigenvalue weighted by atomic mass is 35.5. The van der Waals surface area contributed by atoms with Gasteiger partial charge in [0.1, 0.15) is 11.5 Å². The molecule has 4 aromatic rings. The van der Waals surface area contributed by atoms with Gasteiger partial charge in [0.15, 0.2) is 0 Å². The Morgan fingerprint density at radius 2 is 1.76 bits per heavy atom. The molecule has 0 radical (unpaired) electrons. The molecule has 0 saturated carbocycles. The summed E-state index contributed by atoms with van der Waals surface area (Å²) in [5.74, 6) is -3.29. The van der Waals surface area contributed by atoms with Gasteiger partial charge in [0.2, 0.25) is 0 Å². The summed E-state index contributed by atoms with van der Waals surface area (Å²) in [6.45, 7) is 0. The summed E-state index contributed by atoms with van der Waals surface area (Å²) in [6, 6.07) is 10.3. The van der Waals surface area contributed by atoms with E-state index in [9.17, 15) is 27.2 Å². The van der Waals surface area contributed by atoms with Gasteiger partial charge < -0.3 is 10.8 Å². The molecule has 1 heterocycles. The molecule has 0 aliphatic carbocycles. The highest BCUT2D eigenvalue weighted by Crippen LogP contribution is 2.37. The predicted octanol–water partition coefficient (Wildman–Crippen LogP) is 5.48. The highest BCUT2D eigenvalue weighted by molar-refractivity contribution is 6.34. The van der Waals surface area contributed by atoms with E-state index in [1.54, 1.807) is 0 Å². The molecular formula is C22H12ClF4N3O3. The van der Waals surface area contributed by atoms with Crippen LogP contribution in [0.5, 0.6) is 0 Å². The summed E-state index contributed by atoms with van der Waals surface area (Å²) in [7, 11) is 0. The molecule has 4 rings (SSSR count). The van der Waals surface area contributed by atoms with Crippen LogP contribution in [0.25, 0.3) is 22.2 Å². The van der Waals surface area contributed by atoms with E-state index in [1.807, 2.05) is 0 Å². The maximum Gasteiger partial charge on any atom is 0.417 e. The number of nitrogen functional groups attached to an aromatic ring is 1. The Hall–Kier alpha value is -3.92. The minimum atomic E-state index is -4.88. The first-order chi connectivity index (χ1) is 15.5. The van der Waals surface area contributed by atoms with E-state index in [0.29, 0.717) is 10.7 Å². The fourth-order valence-electron chi connectivity index (χ4n) is 3.47. The Kier molecular flexibility index (Phi) is 5.33. The number of aromatic carboxylic acids is 1. The summed E-state index contributed by atoms with van der Waals surface area (Å²) in [5.41, 5.74) is 3.26. The largest absolute Gasteiger partial charge is 0.478 e. The fourth-order valence-corrected chi connectivity index (χ4v) is 3.73. The molecule has 0 fully saturated rings. The van der Waals surface area contributed by atoms with Crippen LogP contribution >= 0.6 is 11.6 Å². The van der Waals surface area contributed by atoms with Crippen molar-refractivity contribution in [3.63, 3.8) is 0 Å². The second-order valence-electron chi connectivity index (χ2n) is 6.97. The van der Waals surface area contributed by atoms with Gasteiger partial charge in [-0.2, -0.15) is 23.0 Å². The first kappa shape index (κ1) is 22.3. The Morgan fingerprint density at radius 3 is 2.39 bits per heavy atom. The van der Waals surface area contributed by atoms with Crippen molar-refractivity contribution in [1.82, 2.24) is 9.78 Å². The van der Waals surface area contributed by atoms with Crippen LogP contribution in [0.1, 0.15) is 26.3 Å². The number of aromatic nitrogens is 2. The number of halogens is 5. The summed E-state index contributed by atoms with van der Waals surface area (Å²) in [6.07, 6.45) is -4.88. The van der Waals surface area contributed by atoms with Gasteiger partial charge in [-0.3, -0.25) is 4.79 Å². The van der Waals surface area contributed by atoms with Crippen molar-refractivity contribution in [3.8, 4) is 11.3 Å². The number of anilines is 1. The standard InChI is InChI=1S/C22H12ClF4N3O3/c23-13-4-1-3-12(22(25,26)27)17(13)20(31)30-16-6-2-5-14(24)18(16)19(29-30)10-7-8-11(21(32)33)15(28)9-10/h1-9H,28H2,(H,32,33). The Bertz CT molecular complexity index is 1450. The Labute approximate surface area is 187 Å². The summed E-state index contributed by atoms with van der Waals surface area (Å²) in [4.78, 5) is 24.4. The monoisotopic (exact) mass is 477 g/mol. The molecule has 6 nitrogen and oxygen atoms in total. The van der Waals surface area contributed by atoms with E-state index < -0.39 is 40.0 Å². The molecule has 11 heteroatoms. The lowest BCUT2D eigenvalue weighted by Crippen LogP contribution is -2.20. The van der Waals surface area contributed by atoms with Crippen LogP contribution in [-0.2, 0) is 6.18 Å². The molecular weight excluding hydrogens is 466 g/mol. The quantitative estimate of drug-likeness (QED) is 0.300. The lowest BCUT2D eigenvalue weighted by atomic mass is 10.0. The molecule has 33 heavy (non-hydrogen) atoms. The third-order valence-electron chi connectivity index (χ3n) is 4.94. The van der Waals surface area contributed by atoms with Crippen molar-refractivity contribution in [2.24, 2.45) is 0 Å². The van der Waals surface area contributed by atoms with E-state index in [-0.39, 0.29) is 33.4 Å². The number of rotatable bonds is 3. The van der Waals surface area contributed by atoms with Gasteiger partial charge in [0, 0.05) is 11.3 Å². The predicted molar refractivity (Wildman–Crippen MR) is 113 cm³/mol. The van der Waals surface area contributed by atoms with Gasteiger partial charge in [-0.1, -0.05) is 29.8 Å². The molecule has 0 amide bonds. The Balaban J connectivity index is 1.98. The van der Waals surface area contributed by atoms with Gasteiger partial charge in [0.25, 0.3) is 5.91 Å². The summed E-state index contributed by atoms with van der Waals surface area (Å²) < 4.78 is 56.0. The molecule has 0 bridgehead atoms. The maximum atomic E-state index is 14.8. The minimum absolute atomic E-state index is 0.107. The topological polar surface area (TPSA) is 98.2 Å². The zero-order valence-electron chi connectivity index (χ0n) is 16.3. The van der Waals surface area contributed by atoms with Crippen molar-refractivity contribution in [1.29, 1.82) is 0 Å². The average Bonchev–Trinajstić information content (AvgIpc) is 3.13. The van der Waals surface area contributed by atoms with Crippen LogP contribution in [0.3, 0.4) is 0 Å². The van der Waals surface area contributed by atoms with Crippen molar-refractivity contribution in [2.75, 3.05) is 5.73 Å².